The Morgan fingerprint density at radius 2 is 1.67 bits per heavy atom. The van der Waals surface area contributed by atoms with Crippen LogP contribution >= 0.6 is 0 Å². The standard InChI is InChI=1S/C12H15N3O3/c16-10(15-12-13-6-1-7-14-12)8-2-4-9(5-3-8)11(17)18/h1,6-9H,2-5H2,(H,17,18)(H,13,14,15,16). The average Bonchev–Trinajstić information content (AvgIpc) is 2.40. The molecule has 0 radical (unpaired) electrons. The molecule has 1 amide bonds. The third kappa shape index (κ3) is 3.03. The van der Waals surface area contributed by atoms with Gasteiger partial charge in [-0.3, -0.25) is 14.9 Å². The number of hydrogen-bond acceptors (Lipinski definition) is 4. The fourth-order valence-electron chi connectivity index (χ4n) is 2.18. The number of carboxylic acids is 1. The van der Waals surface area contributed by atoms with E-state index in [1.54, 1.807) is 18.5 Å². The molecule has 96 valence electrons. The minimum atomic E-state index is -0.764. The number of aliphatic carboxylic acids is 1. The number of aromatic nitrogens is 2. The van der Waals surface area contributed by atoms with E-state index < -0.39 is 5.97 Å². The number of nitrogens with zero attached hydrogens (tertiary/aromatic N) is 2. The minimum absolute atomic E-state index is 0.120. The van der Waals surface area contributed by atoms with E-state index in [-0.39, 0.29) is 17.7 Å². The molecule has 0 aromatic carbocycles. The Hall–Kier alpha value is -1.98. The summed E-state index contributed by atoms with van der Waals surface area (Å²) in [7, 11) is 0. The van der Waals surface area contributed by atoms with Crippen molar-refractivity contribution < 1.29 is 14.7 Å². The van der Waals surface area contributed by atoms with Gasteiger partial charge in [0.1, 0.15) is 0 Å². The van der Waals surface area contributed by atoms with Gasteiger partial charge in [-0.15, -0.1) is 0 Å². The van der Waals surface area contributed by atoms with E-state index in [0.29, 0.717) is 31.6 Å². The van der Waals surface area contributed by atoms with Crippen molar-refractivity contribution in [3.8, 4) is 0 Å². The fourth-order valence-corrected chi connectivity index (χ4v) is 2.18. The van der Waals surface area contributed by atoms with Crippen molar-refractivity contribution in [1.82, 2.24) is 9.97 Å². The van der Waals surface area contributed by atoms with Gasteiger partial charge in [0.2, 0.25) is 11.9 Å². The smallest absolute Gasteiger partial charge is 0.306 e. The Morgan fingerprint density at radius 1 is 1.11 bits per heavy atom. The first-order valence-electron chi connectivity index (χ1n) is 5.97. The van der Waals surface area contributed by atoms with Gasteiger partial charge in [0.25, 0.3) is 0 Å². The van der Waals surface area contributed by atoms with Crippen molar-refractivity contribution in [2.75, 3.05) is 5.32 Å². The summed E-state index contributed by atoms with van der Waals surface area (Å²) in [5.41, 5.74) is 0. The highest BCUT2D eigenvalue weighted by Crippen LogP contribution is 2.29. The highest BCUT2D eigenvalue weighted by atomic mass is 16.4. The van der Waals surface area contributed by atoms with Gasteiger partial charge in [0.05, 0.1) is 5.92 Å². The van der Waals surface area contributed by atoms with E-state index in [9.17, 15) is 9.59 Å². The second kappa shape index (κ2) is 5.57. The molecule has 2 N–H and O–H groups in total. The molecular formula is C12H15N3O3. The van der Waals surface area contributed by atoms with Gasteiger partial charge in [-0.1, -0.05) is 0 Å². The van der Waals surface area contributed by atoms with Crippen LogP contribution in [0.2, 0.25) is 0 Å². The van der Waals surface area contributed by atoms with Crippen molar-refractivity contribution in [3.63, 3.8) is 0 Å². The highest BCUT2D eigenvalue weighted by Gasteiger charge is 2.29. The number of hydrogen-bond donors (Lipinski definition) is 2. The fraction of sp³-hybridized carbons (Fsp3) is 0.500. The van der Waals surface area contributed by atoms with Crippen LogP contribution in [0.4, 0.5) is 5.95 Å². The number of rotatable bonds is 3. The first kappa shape index (κ1) is 12.5. The summed E-state index contributed by atoms with van der Waals surface area (Å²) in [4.78, 5) is 30.5. The molecule has 0 saturated heterocycles. The van der Waals surface area contributed by atoms with Gasteiger partial charge in [0.15, 0.2) is 0 Å². The topological polar surface area (TPSA) is 92.2 Å². The Labute approximate surface area is 104 Å². The molecule has 1 aliphatic carbocycles. The maximum Gasteiger partial charge on any atom is 0.306 e. The number of carbonyl (C=O) groups is 2. The zero-order valence-corrected chi connectivity index (χ0v) is 9.87. The van der Waals surface area contributed by atoms with Gasteiger partial charge >= 0.3 is 5.97 Å². The maximum atomic E-state index is 11.9. The summed E-state index contributed by atoms with van der Waals surface area (Å²) in [5, 5.41) is 11.5. The Kier molecular flexibility index (Phi) is 3.86. The molecule has 1 fully saturated rings. The lowest BCUT2D eigenvalue weighted by molar-refractivity contribution is -0.143. The molecule has 0 unspecified atom stereocenters. The molecule has 1 heterocycles. The predicted octanol–water partition coefficient (Wildman–Crippen LogP) is 1.31. The van der Waals surface area contributed by atoms with Crippen molar-refractivity contribution in [3.05, 3.63) is 18.5 Å². The molecule has 2 rings (SSSR count). The minimum Gasteiger partial charge on any atom is -0.481 e. The zero-order chi connectivity index (χ0) is 13.0. The van der Waals surface area contributed by atoms with Crippen LogP contribution in [0.25, 0.3) is 0 Å². The van der Waals surface area contributed by atoms with E-state index in [1.807, 2.05) is 0 Å². The molecule has 1 aliphatic rings. The second-order valence-corrected chi connectivity index (χ2v) is 4.45. The zero-order valence-electron chi connectivity index (χ0n) is 9.87. The van der Waals surface area contributed by atoms with Crippen molar-refractivity contribution in [1.29, 1.82) is 0 Å². The summed E-state index contributed by atoms with van der Waals surface area (Å²) in [6.45, 7) is 0. The van der Waals surface area contributed by atoms with E-state index in [4.69, 9.17) is 5.11 Å². The van der Waals surface area contributed by atoms with Crippen molar-refractivity contribution in [2.45, 2.75) is 25.7 Å². The van der Waals surface area contributed by atoms with Crippen LogP contribution in [0, 0.1) is 11.8 Å². The van der Waals surface area contributed by atoms with Crippen LogP contribution in [-0.2, 0) is 9.59 Å². The first-order chi connectivity index (χ1) is 8.66. The normalized spacial score (nSPS) is 23.3. The van der Waals surface area contributed by atoms with Crippen LogP contribution in [0.1, 0.15) is 25.7 Å². The van der Waals surface area contributed by atoms with Crippen LogP contribution in [0.15, 0.2) is 18.5 Å². The summed E-state index contributed by atoms with van der Waals surface area (Å²) < 4.78 is 0. The number of carboxylic acid groups (broad SMARTS) is 1. The second-order valence-electron chi connectivity index (χ2n) is 4.45. The Balaban J connectivity index is 1.86. The molecule has 6 heteroatoms. The number of carbonyl (C=O) groups excluding carboxylic acids is 1. The van der Waals surface area contributed by atoms with Gasteiger partial charge in [-0.2, -0.15) is 0 Å². The maximum absolute atomic E-state index is 11.9. The van der Waals surface area contributed by atoms with E-state index in [2.05, 4.69) is 15.3 Å². The number of anilines is 1. The van der Waals surface area contributed by atoms with Gasteiger partial charge in [-0.25, -0.2) is 9.97 Å². The van der Waals surface area contributed by atoms with Gasteiger partial charge in [0, 0.05) is 18.3 Å². The molecule has 0 aliphatic heterocycles. The summed E-state index contributed by atoms with van der Waals surface area (Å²) in [6.07, 6.45) is 5.45. The van der Waals surface area contributed by atoms with E-state index >= 15 is 0 Å². The van der Waals surface area contributed by atoms with E-state index in [0.717, 1.165) is 0 Å². The molecule has 0 spiro atoms. The summed E-state index contributed by atoms with van der Waals surface area (Å²) >= 11 is 0. The molecular weight excluding hydrogens is 234 g/mol. The van der Waals surface area contributed by atoms with Crippen LogP contribution in [0.5, 0.6) is 0 Å². The Morgan fingerprint density at radius 3 is 2.22 bits per heavy atom. The summed E-state index contributed by atoms with van der Waals surface area (Å²) in [5.74, 6) is -1.03. The SMILES string of the molecule is O=C(O)C1CCC(C(=O)Nc2ncccn2)CC1. The number of amides is 1. The monoisotopic (exact) mass is 249 g/mol. The largest absolute Gasteiger partial charge is 0.481 e. The molecule has 1 aromatic heterocycles. The van der Waals surface area contributed by atoms with Gasteiger partial charge < -0.3 is 5.11 Å². The molecule has 1 aromatic rings. The Bertz CT molecular complexity index is 427. The summed E-state index contributed by atoms with van der Waals surface area (Å²) in [6, 6.07) is 1.67. The lowest BCUT2D eigenvalue weighted by atomic mass is 9.81. The van der Waals surface area contributed by atoms with Crippen LogP contribution < -0.4 is 5.32 Å². The predicted molar refractivity (Wildman–Crippen MR) is 63.7 cm³/mol. The van der Waals surface area contributed by atoms with Crippen molar-refractivity contribution in [2.24, 2.45) is 11.8 Å². The average molecular weight is 249 g/mol. The van der Waals surface area contributed by atoms with E-state index in [1.165, 1.54) is 0 Å². The molecule has 1 saturated carbocycles. The van der Waals surface area contributed by atoms with Crippen LogP contribution in [-0.4, -0.2) is 27.0 Å². The molecule has 18 heavy (non-hydrogen) atoms. The molecule has 0 bridgehead atoms. The lowest BCUT2D eigenvalue weighted by Crippen LogP contribution is -2.30. The quantitative estimate of drug-likeness (QED) is 0.842. The molecule has 6 nitrogen and oxygen atoms in total. The van der Waals surface area contributed by atoms with Crippen molar-refractivity contribution >= 4 is 17.8 Å². The van der Waals surface area contributed by atoms with Crippen LogP contribution in [0.3, 0.4) is 0 Å². The lowest BCUT2D eigenvalue weighted by Gasteiger charge is -2.24. The highest BCUT2D eigenvalue weighted by molar-refractivity contribution is 5.91. The third-order valence-electron chi connectivity index (χ3n) is 3.25. The number of nitrogens with one attached hydrogen (secondary N) is 1. The molecule has 0 atom stereocenters. The third-order valence-corrected chi connectivity index (χ3v) is 3.25. The van der Waals surface area contributed by atoms with Gasteiger partial charge in [-0.05, 0) is 31.7 Å². The first-order valence-corrected chi connectivity index (χ1v) is 5.97.